The number of nitrogens with zero attached hydrogens (tertiary/aromatic N) is 2. The van der Waals surface area contributed by atoms with Gasteiger partial charge in [0.1, 0.15) is 0 Å². The molecule has 0 radical (unpaired) electrons. The van der Waals surface area contributed by atoms with Crippen LogP contribution in [0.1, 0.15) is 45.4 Å². The zero-order chi connectivity index (χ0) is 19.9. The fourth-order valence-corrected chi connectivity index (χ4v) is 2.49. The summed E-state index contributed by atoms with van der Waals surface area (Å²) in [5.74, 6) is -3.38. The minimum atomic E-state index is -1.22. The Morgan fingerprint density at radius 3 is 1.75 bits per heavy atom. The van der Waals surface area contributed by atoms with Crippen LogP contribution in [0.2, 0.25) is 0 Å². The first-order valence-corrected chi connectivity index (χ1v) is 8.98. The molecule has 0 aromatic heterocycles. The Bertz CT molecular complexity index is 424. The molecule has 28 heavy (non-hydrogen) atoms. The molecule has 152 valence electrons. The molecule has 0 rings (SSSR count). The SMILES string of the molecule is CCCCC(O)CN(CCC(=O)O)CCN(CCC(=O)[O-])CCC(=O)[O-].[K+].[K+]. The predicted molar refractivity (Wildman–Crippen MR) is 89.9 cm³/mol. The van der Waals surface area contributed by atoms with Crippen molar-refractivity contribution < 1.29 is 138 Å². The van der Waals surface area contributed by atoms with Crippen molar-refractivity contribution in [1.82, 2.24) is 9.80 Å². The number of aliphatic carboxylic acids is 3. The van der Waals surface area contributed by atoms with Gasteiger partial charge in [0.05, 0.1) is 12.5 Å². The molecule has 0 aliphatic carbocycles. The Labute approximate surface area is 252 Å². The molecule has 2 N–H and O–H groups in total. The Morgan fingerprint density at radius 1 is 0.857 bits per heavy atom. The topological polar surface area (TPSA) is 144 Å². The van der Waals surface area contributed by atoms with E-state index >= 15 is 0 Å². The van der Waals surface area contributed by atoms with Crippen LogP contribution in [-0.4, -0.2) is 83.3 Å². The van der Waals surface area contributed by atoms with Gasteiger partial charge in [0.2, 0.25) is 0 Å². The molecule has 0 aliphatic rings. The Morgan fingerprint density at radius 2 is 1.32 bits per heavy atom. The van der Waals surface area contributed by atoms with Crippen molar-refractivity contribution in [3.8, 4) is 0 Å². The third-order valence-corrected chi connectivity index (χ3v) is 4.00. The van der Waals surface area contributed by atoms with Crippen molar-refractivity contribution in [2.45, 2.75) is 51.6 Å². The second-order valence-electron chi connectivity index (χ2n) is 6.33. The van der Waals surface area contributed by atoms with Crippen LogP contribution in [0, 0.1) is 0 Å². The number of carbonyl (C=O) groups excluding carboxylic acids is 2. The summed E-state index contributed by atoms with van der Waals surface area (Å²) in [5.41, 5.74) is 0. The summed E-state index contributed by atoms with van der Waals surface area (Å²) in [5, 5.41) is 40.2. The molecular weight excluding hydrogens is 422 g/mol. The standard InChI is InChI=1S/C17H32N2O7.2K/c1-2-3-4-14(20)13-19(10-7-17(25)26)12-11-18(8-5-15(21)22)9-6-16(23)24;;/h14,20H,2-13H2,1H3,(H,21,22)(H,23,24)(H,25,26);;/q;2*+1/p-2. The summed E-state index contributed by atoms with van der Waals surface area (Å²) in [6, 6.07) is 0. The maximum atomic E-state index is 10.8. The molecule has 0 amide bonds. The van der Waals surface area contributed by atoms with E-state index in [1.807, 2.05) is 6.92 Å². The first kappa shape index (κ1) is 34.2. The van der Waals surface area contributed by atoms with E-state index in [9.17, 15) is 29.7 Å². The number of carbonyl (C=O) groups is 3. The Balaban J connectivity index is -0.00000312. The van der Waals surface area contributed by atoms with Gasteiger partial charge in [0.15, 0.2) is 0 Å². The molecule has 1 atom stereocenters. The molecule has 0 spiro atoms. The molecule has 0 heterocycles. The van der Waals surface area contributed by atoms with E-state index in [1.54, 1.807) is 9.80 Å². The number of rotatable bonds is 17. The van der Waals surface area contributed by atoms with Gasteiger partial charge in [-0.3, -0.25) is 9.69 Å². The van der Waals surface area contributed by atoms with E-state index in [1.165, 1.54) is 0 Å². The van der Waals surface area contributed by atoms with Gasteiger partial charge in [0, 0.05) is 51.2 Å². The van der Waals surface area contributed by atoms with Crippen LogP contribution < -0.4 is 113 Å². The van der Waals surface area contributed by atoms with Crippen LogP contribution in [-0.2, 0) is 14.4 Å². The van der Waals surface area contributed by atoms with Crippen LogP contribution in [0.3, 0.4) is 0 Å². The van der Waals surface area contributed by atoms with Crippen molar-refractivity contribution in [3.63, 3.8) is 0 Å². The second kappa shape index (κ2) is 21.8. The number of hydrogen-bond donors (Lipinski definition) is 2. The molecule has 9 nitrogen and oxygen atoms in total. The second-order valence-corrected chi connectivity index (χ2v) is 6.33. The molecular formula is C17H30K2N2O7. The Kier molecular flexibility index (Phi) is 26.6. The molecule has 0 saturated heterocycles. The number of unbranched alkanes of at least 4 members (excludes halogenated alkanes) is 1. The van der Waals surface area contributed by atoms with E-state index in [0.29, 0.717) is 26.1 Å². The van der Waals surface area contributed by atoms with Gasteiger partial charge in [-0.05, 0) is 19.3 Å². The molecule has 0 fully saturated rings. The average molecular weight is 453 g/mol. The summed E-state index contributed by atoms with van der Waals surface area (Å²) in [6.45, 7) is 3.63. The van der Waals surface area contributed by atoms with Gasteiger partial charge in [-0.15, -0.1) is 0 Å². The maximum absolute atomic E-state index is 10.8. The first-order valence-electron chi connectivity index (χ1n) is 8.98. The predicted octanol–water partition coefficient (Wildman–Crippen LogP) is -8.10. The molecule has 0 aromatic rings. The zero-order valence-electron chi connectivity index (χ0n) is 17.4. The summed E-state index contributed by atoms with van der Waals surface area (Å²) in [4.78, 5) is 35.5. The van der Waals surface area contributed by atoms with E-state index in [0.717, 1.165) is 12.8 Å². The van der Waals surface area contributed by atoms with Gasteiger partial charge < -0.3 is 34.9 Å². The number of aliphatic hydroxyl groups excluding tert-OH is 1. The number of hydrogen-bond acceptors (Lipinski definition) is 8. The molecule has 11 heteroatoms. The maximum Gasteiger partial charge on any atom is 1.00 e. The molecule has 0 aromatic carbocycles. The van der Waals surface area contributed by atoms with E-state index in [2.05, 4.69) is 0 Å². The average Bonchev–Trinajstić information content (AvgIpc) is 2.56. The quantitative estimate of drug-likeness (QED) is 0.206. The van der Waals surface area contributed by atoms with Crippen molar-refractivity contribution in [2.75, 3.05) is 39.3 Å². The smallest absolute Gasteiger partial charge is 0.550 e. The van der Waals surface area contributed by atoms with Crippen LogP contribution in [0.25, 0.3) is 0 Å². The van der Waals surface area contributed by atoms with Gasteiger partial charge in [-0.2, -0.15) is 0 Å². The van der Waals surface area contributed by atoms with Crippen LogP contribution >= 0.6 is 0 Å². The monoisotopic (exact) mass is 452 g/mol. The summed E-state index contributed by atoms with van der Waals surface area (Å²) < 4.78 is 0. The number of aliphatic hydroxyl groups is 1. The van der Waals surface area contributed by atoms with Crippen LogP contribution in [0.5, 0.6) is 0 Å². The summed E-state index contributed by atoms with van der Waals surface area (Å²) >= 11 is 0. The third kappa shape index (κ3) is 22.3. The van der Waals surface area contributed by atoms with Crippen LogP contribution in [0.15, 0.2) is 0 Å². The fraction of sp³-hybridized carbons (Fsp3) is 0.824. The third-order valence-electron chi connectivity index (χ3n) is 4.00. The minimum absolute atomic E-state index is 0. The molecule has 0 bridgehead atoms. The first-order chi connectivity index (χ1) is 12.2. The summed E-state index contributed by atoms with van der Waals surface area (Å²) in [6.07, 6.45) is 1.37. The molecule has 0 saturated carbocycles. The molecule has 0 aliphatic heterocycles. The largest absolute Gasteiger partial charge is 1.00 e. The van der Waals surface area contributed by atoms with E-state index in [4.69, 9.17) is 5.11 Å². The van der Waals surface area contributed by atoms with Gasteiger partial charge in [-0.25, -0.2) is 0 Å². The zero-order valence-corrected chi connectivity index (χ0v) is 23.6. The number of carboxylic acid groups (broad SMARTS) is 3. The van der Waals surface area contributed by atoms with Crippen molar-refractivity contribution in [1.29, 1.82) is 0 Å². The van der Waals surface area contributed by atoms with Gasteiger partial charge in [0.25, 0.3) is 0 Å². The fourth-order valence-electron chi connectivity index (χ4n) is 2.49. The van der Waals surface area contributed by atoms with E-state index < -0.39 is 24.0 Å². The number of carboxylic acids is 3. The van der Waals surface area contributed by atoms with Gasteiger partial charge in [-0.1, -0.05) is 19.8 Å². The van der Waals surface area contributed by atoms with Gasteiger partial charge >= 0.3 is 109 Å². The minimum Gasteiger partial charge on any atom is -0.550 e. The summed E-state index contributed by atoms with van der Waals surface area (Å²) in [7, 11) is 0. The van der Waals surface area contributed by atoms with Crippen molar-refractivity contribution in [3.05, 3.63) is 0 Å². The van der Waals surface area contributed by atoms with E-state index in [-0.39, 0.29) is 142 Å². The molecule has 1 unspecified atom stereocenters. The van der Waals surface area contributed by atoms with Crippen molar-refractivity contribution >= 4 is 17.9 Å². The Hall–Kier alpha value is 1.56. The van der Waals surface area contributed by atoms with Crippen molar-refractivity contribution in [2.24, 2.45) is 0 Å². The van der Waals surface area contributed by atoms with Crippen LogP contribution in [0.4, 0.5) is 0 Å². The normalized spacial score (nSPS) is 11.6.